The van der Waals surface area contributed by atoms with Gasteiger partial charge in [-0.25, -0.2) is 0 Å². The summed E-state index contributed by atoms with van der Waals surface area (Å²) in [5.74, 6) is 0. The molecule has 2 nitrogen and oxygen atoms in total. The molecule has 0 fully saturated rings. The summed E-state index contributed by atoms with van der Waals surface area (Å²) in [6.07, 6.45) is 3.24. The minimum absolute atomic E-state index is 0.517. The SMILES string of the molecule is [CH2]CCC[C](N)N. The molecule has 0 saturated heterocycles. The molecule has 0 spiro atoms. The molecule has 0 heterocycles. The Morgan fingerprint density at radius 3 is 2.14 bits per heavy atom. The van der Waals surface area contributed by atoms with Crippen LogP contribution in [0.3, 0.4) is 0 Å². The van der Waals surface area contributed by atoms with E-state index in [9.17, 15) is 0 Å². The highest BCUT2D eigenvalue weighted by atomic mass is 14.8. The van der Waals surface area contributed by atoms with E-state index < -0.39 is 0 Å². The first-order valence-electron chi connectivity index (χ1n) is 2.43. The van der Waals surface area contributed by atoms with E-state index in [1.807, 2.05) is 0 Å². The molecule has 0 rings (SSSR count). The fraction of sp³-hybridized carbons (Fsp3) is 0.600. The summed E-state index contributed by atoms with van der Waals surface area (Å²) < 4.78 is 0. The molecule has 2 heteroatoms. The molecule has 7 heavy (non-hydrogen) atoms. The van der Waals surface area contributed by atoms with Crippen molar-refractivity contribution in [2.45, 2.75) is 19.3 Å². The fourth-order valence-corrected chi connectivity index (χ4v) is 0.329. The summed E-state index contributed by atoms with van der Waals surface area (Å²) in [7, 11) is 0. The van der Waals surface area contributed by atoms with Crippen molar-refractivity contribution < 1.29 is 0 Å². The maximum absolute atomic E-state index is 5.15. The van der Waals surface area contributed by atoms with Gasteiger partial charge in [0.25, 0.3) is 0 Å². The molecule has 0 aliphatic carbocycles. The molecular weight excluding hydrogens is 88.1 g/mol. The summed E-state index contributed by atoms with van der Waals surface area (Å²) >= 11 is 0. The molecule has 0 aromatic carbocycles. The largest absolute Gasteiger partial charge is 0.311 e. The standard InChI is InChI=1S/C5H12N2/c1-2-3-4-5(6)7/h1-4,6-7H2. The van der Waals surface area contributed by atoms with Gasteiger partial charge in [-0.05, 0) is 6.42 Å². The van der Waals surface area contributed by atoms with Gasteiger partial charge in [0, 0.05) is 0 Å². The van der Waals surface area contributed by atoms with Crippen LogP contribution in [0.5, 0.6) is 0 Å². The second-order valence-corrected chi connectivity index (χ2v) is 1.53. The van der Waals surface area contributed by atoms with Gasteiger partial charge in [-0.3, -0.25) is 0 Å². The van der Waals surface area contributed by atoms with Gasteiger partial charge >= 0.3 is 0 Å². The van der Waals surface area contributed by atoms with Crippen LogP contribution in [0, 0.1) is 13.1 Å². The van der Waals surface area contributed by atoms with Crippen molar-refractivity contribution in [1.82, 2.24) is 0 Å². The van der Waals surface area contributed by atoms with Gasteiger partial charge < -0.3 is 11.5 Å². The van der Waals surface area contributed by atoms with Crippen molar-refractivity contribution >= 4 is 0 Å². The van der Waals surface area contributed by atoms with E-state index in [4.69, 9.17) is 11.5 Å². The van der Waals surface area contributed by atoms with Gasteiger partial charge in [0.2, 0.25) is 0 Å². The van der Waals surface area contributed by atoms with Crippen LogP contribution in [-0.4, -0.2) is 0 Å². The Kier molecular flexibility index (Phi) is 4.04. The summed E-state index contributed by atoms with van der Waals surface area (Å²) in [5.41, 5.74) is 10.3. The van der Waals surface area contributed by atoms with Crippen LogP contribution in [0.4, 0.5) is 0 Å². The highest BCUT2D eigenvalue weighted by Gasteiger charge is 1.90. The van der Waals surface area contributed by atoms with E-state index in [2.05, 4.69) is 6.92 Å². The monoisotopic (exact) mass is 100 g/mol. The normalized spacial score (nSPS) is 10.3. The molecule has 0 saturated carbocycles. The average molecular weight is 100 g/mol. The topological polar surface area (TPSA) is 52.0 Å². The van der Waals surface area contributed by atoms with Gasteiger partial charge in [-0.2, -0.15) is 0 Å². The lowest BCUT2D eigenvalue weighted by atomic mass is 10.2. The molecule has 0 unspecified atom stereocenters. The lowest BCUT2D eigenvalue weighted by Crippen LogP contribution is -2.19. The van der Waals surface area contributed by atoms with E-state index in [0.29, 0.717) is 6.17 Å². The molecule has 0 aliphatic heterocycles. The Hall–Kier alpha value is -0.0800. The molecule has 0 aromatic rings. The maximum atomic E-state index is 5.15. The quantitative estimate of drug-likeness (QED) is 0.539. The number of rotatable bonds is 3. The summed E-state index contributed by atoms with van der Waals surface area (Å²) in [4.78, 5) is 0. The minimum Gasteiger partial charge on any atom is -0.311 e. The second-order valence-electron chi connectivity index (χ2n) is 1.53. The molecule has 2 radical (unpaired) electrons. The van der Waals surface area contributed by atoms with E-state index >= 15 is 0 Å². The van der Waals surface area contributed by atoms with Crippen molar-refractivity contribution in [3.8, 4) is 0 Å². The predicted octanol–water partition coefficient (Wildman–Crippen LogP) is 0.398. The van der Waals surface area contributed by atoms with Gasteiger partial charge in [-0.15, -0.1) is 0 Å². The van der Waals surface area contributed by atoms with Crippen LogP contribution in [-0.2, 0) is 0 Å². The van der Waals surface area contributed by atoms with Crippen LogP contribution in [0.2, 0.25) is 0 Å². The third-order valence-corrected chi connectivity index (χ3v) is 0.715. The van der Waals surface area contributed by atoms with Crippen molar-refractivity contribution in [1.29, 1.82) is 0 Å². The zero-order valence-electron chi connectivity index (χ0n) is 4.48. The Bertz CT molecular complexity index is 35.1. The van der Waals surface area contributed by atoms with Crippen molar-refractivity contribution in [2.24, 2.45) is 11.5 Å². The van der Waals surface area contributed by atoms with Gasteiger partial charge in [0.1, 0.15) is 0 Å². The first-order chi connectivity index (χ1) is 3.27. The first kappa shape index (κ1) is 6.92. The number of nitrogens with two attached hydrogens (primary N) is 2. The number of hydrogen-bond acceptors (Lipinski definition) is 2. The molecular formula is C5H12N2. The Morgan fingerprint density at radius 2 is 2.00 bits per heavy atom. The zero-order valence-corrected chi connectivity index (χ0v) is 4.48. The molecule has 0 bridgehead atoms. The Labute approximate surface area is 44.9 Å². The molecule has 0 aromatic heterocycles. The van der Waals surface area contributed by atoms with Crippen LogP contribution >= 0.6 is 0 Å². The molecule has 0 aliphatic rings. The van der Waals surface area contributed by atoms with E-state index in [1.54, 1.807) is 0 Å². The highest BCUT2D eigenvalue weighted by molar-refractivity contribution is 4.71. The van der Waals surface area contributed by atoms with E-state index in [0.717, 1.165) is 19.3 Å². The van der Waals surface area contributed by atoms with Gasteiger partial charge in [-0.1, -0.05) is 19.8 Å². The van der Waals surface area contributed by atoms with Crippen LogP contribution in [0.1, 0.15) is 19.3 Å². The van der Waals surface area contributed by atoms with Gasteiger partial charge in [0.15, 0.2) is 0 Å². The summed E-state index contributed by atoms with van der Waals surface area (Å²) in [6.45, 7) is 3.63. The first-order valence-corrected chi connectivity index (χ1v) is 2.43. The average Bonchev–Trinajstić information content (AvgIpc) is 1.61. The molecule has 0 amide bonds. The Morgan fingerprint density at radius 1 is 1.43 bits per heavy atom. The van der Waals surface area contributed by atoms with Crippen molar-refractivity contribution in [2.75, 3.05) is 0 Å². The zero-order chi connectivity index (χ0) is 5.70. The third kappa shape index (κ3) is 5.92. The number of hydrogen-bond donors (Lipinski definition) is 2. The fourth-order valence-electron chi connectivity index (χ4n) is 0.329. The lowest BCUT2D eigenvalue weighted by Gasteiger charge is -1.98. The highest BCUT2D eigenvalue weighted by Crippen LogP contribution is 1.96. The molecule has 0 atom stereocenters. The Balaban J connectivity index is 2.68. The minimum atomic E-state index is 0.517. The van der Waals surface area contributed by atoms with Crippen LogP contribution in [0.15, 0.2) is 0 Å². The van der Waals surface area contributed by atoms with Crippen LogP contribution in [0.25, 0.3) is 0 Å². The predicted molar refractivity (Wildman–Crippen MR) is 30.8 cm³/mol. The number of unbranched alkanes of at least 4 members (excludes halogenated alkanes) is 1. The van der Waals surface area contributed by atoms with E-state index in [-0.39, 0.29) is 0 Å². The molecule has 4 N–H and O–H groups in total. The van der Waals surface area contributed by atoms with E-state index in [1.165, 1.54) is 0 Å². The maximum Gasteiger partial charge on any atom is 0.0955 e. The smallest absolute Gasteiger partial charge is 0.0955 e. The second kappa shape index (κ2) is 4.09. The lowest BCUT2D eigenvalue weighted by molar-refractivity contribution is 0.728. The summed E-state index contributed by atoms with van der Waals surface area (Å²) in [6, 6.07) is 0. The molecule has 42 valence electrons. The van der Waals surface area contributed by atoms with Crippen molar-refractivity contribution in [3.63, 3.8) is 0 Å². The summed E-state index contributed by atoms with van der Waals surface area (Å²) in [5, 5.41) is 0. The third-order valence-electron chi connectivity index (χ3n) is 0.715. The van der Waals surface area contributed by atoms with Crippen molar-refractivity contribution in [3.05, 3.63) is 13.1 Å². The van der Waals surface area contributed by atoms with Gasteiger partial charge in [0.05, 0.1) is 6.17 Å². The van der Waals surface area contributed by atoms with Crippen LogP contribution < -0.4 is 11.5 Å².